The summed E-state index contributed by atoms with van der Waals surface area (Å²) in [4.78, 5) is 13.2. The average Bonchev–Trinajstić information content (AvgIpc) is 3.21. The normalized spacial score (nSPS) is 15.4. The number of urea groups is 1. The van der Waals surface area contributed by atoms with Crippen molar-refractivity contribution in [3.63, 3.8) is 0 Å². The lowest BCUT2D eigenvalue weighted by atomic mass is 10.0. The van der Waals surface area contributed by atoms with Crippen molar-refractivity contribution >= 4 is 40.7 Å². The fourth-order valence-corrected chi connectivity index (χ4v) is 4.71. The molecule has 198 valence electrons. The summed E-state index contributed by atoms with van der Waals surface area (Å²) in [5.41, 5.74) is 3.02. The molecule has 0 radical (unpaired) electrons. The number of piperidine rings is 1. The zero-order valence-electron chi connectivity index (χ0n) is 21.2. The van der Waals surface area contributed by atoms with Crippen LogP contribution < -0.4 is 20.7 Å². The second-order valence-electron chi connectivity index (χ2n) is 9.15. The van der Waals surface area contributed by atoms with Crippen molar-refractivity contribution in [2.45, 2.75) is 32.6 Å². The number of anilines is 2. The third-order valence-electron chi connectivity index (χ3n) is 6.35. The molecule has 0 saturated carbocycles. The van der Waals surface area contributed by atoms with Crippen LogP contribution in [0.3, 0.4) is 0 Å². The number of amides is 2. The zero-order valence-corrected chi connectivity index (χ0v) is 22.7. The van der Waals surface area contributed by atoms with Gasteiger partial charge in [0.25, 0.3) is 0 Å². The van der Waals surface area contributed by atoms with Gasteiger partial charge in [0.05, 0.1) is 27.9 Å². The van der Waals surface area contributed by atoms with E-state index in [0.717, 1.165) is 49.2 Å². The number of carbonyl (C=O) groups excluding carboxylic acids is 1. The van der Waals surface area contributed by atoms with Gasteiger partial charge in [0, 0.05) is 31.9 Å². The highest BCUT2D eigenvalue weighted by atomic mass is 35.5. The molecule has 4 rings (SSSR count). The smallest absolute Gasteiger partial charge is 0.324 e. The van der Waals surface area contributed by atoms with Crippen LogP contribution in [-0.2, 0) is 11.2 Å². The Balaban J connectivity index is 1.55. The summed E-state index contributed by atoms with van der Waals surface area (Å²) in [5, 5.41) is 14.8. The van der Waals surface area contributed by atoms with E-state index in [1.165, 1.54) is 0 Å². The summed E-state index contributed by atoms with van der Waals surface area (Å²) >= 11 is 12.5. The van der Waals surface area contributed by atoms with Gasteiger partial charge in [0.1, 0.15) is 5.82 Å². The van der Waals surface area contributed by atoms with E-state index in [1.54, 1.807) is 23.9 Å². The fourth-order valence-electron chi connectivity index (χ4n) is 4.36. The van der Waals surface area contributed by atoms with Crippen molar-refractivity contribution < 1.29 is 14.3 Å². The molecule has 1 aliphatic heterocycles. The molecule has 0 unspecified atom stereocenters. The molecule has 2 aromatic carbocycles. The maximum absolute atomic E-state index is 13.2. The third-order valence-corrected chi connectivity index (χ3v) is 7.08. The van der Waals surface area contributed by atoms with Crippen LogP contribution in [0.1, 0.15) is 30.4 Å². The topological polar surface area (TPSA) is 89.4 Å². The lowest BCUT2D eigenvalue weighted by Crippen LogP contribution is -2.33. The molecule has 10 heteroatoms. The molecule has 1 saturated heterocycles. The fraction of sp³-hybridized carbons (Fsp3) is 0.407. The number of methoxy groups -OCH3 is 1. The number of hydrogen-bond acceptors (Lipinski definition) is 5. The van der Waals surface area contributed by atoms with Gasteiger partial charge in [-0.05, 0) is 69.0 Å². The second-order valence-corrected chi connectivity index (χ2v) is 9.96. The van der Waals surface area contributed by atoms with Crippen LogP contribution in [0.4, 0.5) is 16.3 Å². The van der Waals surface area contributed by atoms with E-state index in [0.29, 0.717) is 53.0 Å². The van der Waals surface area contributed by atoms with Gasteiger partial charge < -0.3 is 20.1 Å². The van der Waals surface area contributed by atoms with Crippen LogP contribution in [0.5, 0.6) is 5.88 Å². The van der Waals surface area contributed by atoms with E-state index < -0.39 is 6.03 Å². The lowest BCUT2D eigenvalue weighted by Gasteiger charge is -2.22. The molecule has 2 heterocycles. The minimum absolute atomic E-state index is 0.367. The number of rotatable bonds is 10. The Bertz CT molecular complexity index is 1200. The van der Waals surface area contributed by atoms with E-state index in [-0.39, 0.29) is 0 Å². The summed E-state index contributed by atoms with van der Waals surface area (Å²) in [5.74, 6) is 1.46. The van der Waals surface area contributed by atoms with Crippen LogP contribution in [0.15, 0.2) is 42.5 Å². The van der Waals surface area contributed by atoms with Crippen LogP contribution in [0.25, 0.3) is 5.69 Å². The number of para-hydroxylation sites is 1. The van der Waals surface area contributed by atoms with Gasteiger partial charge in [-0.3, -0.25) is 5.32 Å². The number of nitrogens with one attached hydrogen (secondary N) is 3. The molecule has 3 aromatic rings. The molecule has 2 amide bonds. The molecule has 0 aliphatic carbocycles. The number of halogens is 2. The van der Waals surface area contributed by atoms with Gasteiger partial charge in [-0.1, -0.05) is 41.4 Å². The largest absolute Gasteiger partial charge is 0.476 e. The Morgan fingerprint density at radius 1 is 1.19 bits per heavy atom. The monoisotopic (exact) mass is 545 g/mol. The van der Waals surface area contributed by atoms with E-state index in [4.69, 9.17) is 37.8 Å². The summed E-state index contributed by atoms with van der Waals surface area (Å²) < 4.78 is 13.0. The third kappa shape index (κ3) is 7.17. The van der Waals surface area contributed by atoms with Crippen molar-refractivity contribution in [2.75, 3.05) is 44.0 Å². The number of hydrogen-bond donors (Lipinski definition) is 3. The molecule has 0 bridgehead atoms. The Kier molecular flexibility index (Phi) is 9.68. The zero-order chi connectivity index (χ0) is 26.2. The number of ether oxygens (including phenoxy) is 2. The predicted molar refractivity (Wildman–Crippen MR) is 149 cm³/mol. The quantitative estimate of drug-likeness (QED) is 0.268. The minimum Gasteiger partial charge on any atom is -0.476 e. The highest BCUT2D eigenvalue weighted by Gasteiger charge is 2.22. The molecular formula is C27H33Cl2N5O3. The Labute approximate surface area is 227 Å². The summed E-state index contributed by atoms with van der Waals surface area (Å²) in [6, 6.07) is 12.7. The number of nitrogens with zero attached hydrogens (tertiary/aromatic N) is 2. The van der Waals surface area contributed by atoms with Gasteiger partial charge in [-0.15, -0.1) is 5.10 Å². The molecular weight excluding hydrogens is 513 g/mol. The van der Waals surface area contributed by atoms with Crippen molar-refractivity contribution in [1.29, 1.82) is 0 Å². The van der Waals surface area contributed by atoms with Crippen LogP contribution in [0.2, 0.25) is 10.0 Å². The van der Waals surface area contributed by atoms with Crippen LogP contribution in [0, 0.1) is 12.8 Å². The molecule has 37 heavy (non-hydrogen) atoms. The lowest BCUT2D eigenvalue weighted by molar-refractivity contribution is 0.195. The Morgan fingerprint density at radius 3 is 2.70 bits per heavy atom. The van der Waals surface area contributed by atoms with Crippen molar-refractivity contribution in [1.82, 2.24) is 15.1 Å². The number of benzene rings is 2. The second kappa shape index (κ2) is 13.1. The van der Waals surface area contributed by atoms with Crippen LogP contribution >= 0.6 is 23.2 Å². The Morgan fingerprint density at radius 2 is 1.97 bits per heavy atom. The molecule has 0 spiro atoms. The summed E-state index contributed by atoms with van der Waals surface area (Å²) in [6.07, 6.45) is 3.72. The Hall–Kier alpha value is -2.78. The van der Waals surface area contributed by atoms with E-state index in [9.17, 15) is 4.79 Å². The van der Waals surface area contributed by atoms with Gasteiger partial charge in [0.15, 0.2) is 0 Å². The van der Waals surface area contributed by atoms with Gasteiger partial charge >= 0.3 is 6.03 Å². The van der Waals surface area contributed by atoms with Gasteiger partial charge in [-0.2, -0.15) is 0 Å². The summed E-state index contributed by atoms with van der Waals surface area (Å²) in [6.45, 7) is 5.04. The van der Waals surface area contributed by atoms with Crippen molar-refractivity contribution in [3.8, 4) is 11.6 Å². The van der Waals surface area contributed by atoms with Crippen molar-refractivity contribution in [2.24, 2.45) is 5.92 Å². The van der Waals surface area contributed by atoms with Crippen molar-refractivity contribution in [3.05, 3.63) is 63.6 Å². The molecule has 1 aromatic heterocycles. The number of aromatic nitrogens is 2. The van der Waals surface area contributed by atoms with E-state index in [1.807, 2.05) is 37.3 Å². The number of aryl methyl sites for hydroxylation is 1. The first-order chi connectivity index (χ1) is 18.0. The standard InChI is InChI=1S/C27H33Cl2N5O3/c1-18-25(32-27(35)31-24-15-23(29)22(28)14-20(24)9-7-13-36-2)34(21-10-4-3-5-11-21)33-26(18)37-17-19-8-6-12-30-16-19/h3-5,10-11,14-15,19,30H,6-9,12-13,16-17H2,1-2H3,(H2,31,32,35)/t19-/m1/s1. The van der Waals surface area contributed by atoms with E-state index >= 15 is 0 Å². The van der Waals surface area contributed by atoms with Gasteiger partial charge in [-0.25, -0.2) is 9.48 Å². The number of carbonyl (C=O) groups is 1. The minimum atomic E-state index is -0.422. The molecule has 1 atom stereocenters. The maximum atomic E-state index is 13.2. The molecule has 1 aliphatic rings. The summed E-state index contributed by atoms with van der Waals surface area (Å²) in [7, 11) is 1.66. The average molecular weight is 546 g/mol. The van der Waals surface area contributed by atoms with Crippen LogP contribution in [-0.4, -0.2) is 49.2 Å². The SMILES string of the molecule is COCCCc1cc(Cl)c(Cl)cc1NC(=O)Nc1c(C)c(OC[C@@H]2CCCNC2)nn1-c1ccccc1. The first-order valence-corrected chi connectivity index (χ1v) is 13.2. The first-order valence-electron chi connectivity index (χ1n) is 12.5. The maximum Gasteiger partial charge on any atom is 0.324 e. The molecule has 8 nitrogen and oxygen atoms in total. The highest BCUT2D eigenvalue weighted by molar-refractivity contribution is 6.42. The highest BCUT2D eigenvalue weighted by Crippen LogP contribution is 2.32. The molecule has 1 fully saturated rings. The molecule has 3 N–H and O–H groups in total. The van der Waals surface area contributed by atoms with Gasteiger partial charge in [0.2, 0.25) is 5.88 Å². The van der Waals surface area contributed by atoms with E-state index in [2.05, 4.69) is 16.0 Å². The predicted octanol–water partition coefficient (Wildman–Crippen LogP) is 6.09. The first kappa shape index (κ1) is 27.3.